The average Bonchev–Trinajstić information content (AvgIpc) is 2.71. The number of hydrogen-bond donors (Lipinski definition) is 2. The maximum atomic E-state index is 5.80. The lowest BCUT2D eigenvalue weighted by atomic mass is 10.0. The van der Waals surface area contributed by atoms with E-state index in [4.69, 9.17) is 5.73 Å². The van der Waals surface area contributed by atoms with E-state index in [2.05, 4.69) is 29.6 Å². The van der Waals surface area contributed by atoms with E-state index in [1.54, 1.807) is 0 Å². The average molecular weight is 249 g/mol. The molecule has 2 aromatic rings. The quantitative estimate of drug-likeness (QED) is 0.856. The van der Waals surface area contributed by atoms with E-state index in [-0.39, 0.29) is 0 Å². The maximum absolute atomic E-state index is 5.80. The summed E-state index contributed by atoms with van der Waals surface area (Å²) in [6.07, 6.45) is 1.09. The van der Waals surface area contributed by atoms with E-state index in [0.717, 1.165) is 16.9 Å². The number of rotatable bonds is 5. The van der Waals surface area contributed by atoms with Gasteiger partial charge in [-0.2, -0.15) is 4.37 Å². The van der Waals surface area contributed by atoms with E-state index in [1.807, 2.05) is 18.2 Å². The first-order valence-corrected chi connectivity index (χ1v) is 6.79. The second kappa shape index (κ2) is 5.47. The number of nitrogens with one attached hydrogen (secondary N) is 1. The van der Waals surface area contributed by atoms with Crippen molar-refractivity contribution in [2.24, 2.45) is 11.7 Å². The standard InChI is InChI=1S/C13H19N3S/c1-9(2)7-10(8-14)15-13-11-5-3-4-6-12(11)16-17-13/h3-6,9-10,15H,7-8,14H2,1-2H3. The van der Waals surface area contributed by atoms with Gasteiger partial charge in [-0.15, -0.1) is 0 Å². The van der Waals surface area contributed by atoms with Crippen molar-refractivity contribution in [3.63, 3.8) is 0 Å². The molecule has 0 fully saturated rings. The Morgan fingerprint density at radius 2 is 2.12 bits per heavy atom. The van der Waals surface area contributed by atoms with Gasteiger partial charge in [0.1, 0.15) is 5.00 Å². The number of benzene rings is 1. The lowest BCUT2D eigenvalue weighted by molar-refractivity contribution is 0.523. The zero-order chi connectivity index (χ0) is 12.3. The monoisotopic (exact) mass is 249 g/mol. The minimum absolute atomic E-state index is 0.332. The minimum atomic E-state index is 0.332. The SMILES string of the molecule is CC(C)CC(CN)Nc1snc2ccccc12. The van der Waals surface area contributed by atoms with E-state index in [9.17, 15) is 0 Å². The predicted octanol–water partition coefficient (Wildman–Crippen LogP) is 3.08. The number of fused-ring (bicyclic) bond motifs is 1. The topological polar surface area (TPSA) is 50.9 Å². The molecule has 0 saturated carbocycles. The Hall–Kier alpha value is -1.13. The lowest BCUT2D eigenvalue weighted by Crippen LogP contribution is -2.29. The van der Waals surface area contributed by atoms with Gasteiger partial charge < -0.3 is 11.1 Å². The number of hydrogen-bond acceptors (Lipinski definition) is 4. The van der Waals surface area contributed by atoms with Crippen LogP contribution in [-0.4, -0.2) is 17.0 Å². The lowest BCUT2D eigenvalue weighted by Gasteiger charge is -2.18. The molecule has 3 nitrogen and oxygen atoms in total. The van der Waals surface area contributed by atoms with Gasteiger partial charge in [0.15, 0.2) is 0 Å². The summed E-state index contributed by atoms with van der Waals surface area (Å²) in [6, 6.07) is 8.53. The molecule has 4 heteroatoms. The van der Waals surface area contributed by atoms with Gasteiger partial charge in [-0.05, 0) is 36.0 Å². The molecule has 2 rings (SSSR count). The molecule has 0 bridgehead atoms. The zero-order valence-electron chi connectivity index (χ0n) is 10.3. The first kappa shape index (κ1) is 12.3. The van der Waals surface area contributed by atoms with Crippen LogP contribution in [0.1, 0.15) is 20.3 Å². The van der Waals surface area contributed by atoms with Crippen LogP contribution in [0.3, 0.4) is 0 Å². The second-order valence-electron chi connectivity index (χ2n) is 4.74. The maximum Gasteiger partial charge on any atom is 0.117 e. The van der Waals surface area contributed by atoms with Gasteiger partial charge in [-0.25, -0.2) is 0 Å². The molecule has 0 spiro atoms. The molecule has 1 heterocycles. The van der Waals surface area contributed by atoms with Crippen molar-refractivity contribution >= 4 is 27.4 Å². The first-order chi connectivity index (χ1) is 8.20. The zero-order valence-corrected chi connectivity index (χ0v) is 11.1. The molecule has 1 aromatic carbocycles. The van der Waals surface area contributed by atoms with Crippen LogP contribution in [0.2, 0.25) is 0 Å². The van der Waals surface area contributed by atoms with Crippen LogP contribution in [0.25, 0.3) is 10.9 Å². The van der Waals surface area contributed by atoms with Gasteiger partial charge in [0.05, 0.1) is 5.52 Å². The molecule has 0 saturated heterocycles. The Balaban J connectivity index is 2.16. The molecule has 0 aliphatic carbocycles. The van der Waals surface area contributed by atoms with Crippen molar-refractivity contribution < 1.29 is 0 Å². The Labute approximate surface area is 106 Å². The van der Waals surface area contributed by atoms with Crippen molar-refractivity contribution in [3.05, 3.63) is 24.3 Å². The largest absolute Gasteiger partial charge is 0.371 e. The Bertz CT molecular complexity index is 478. The van der Waals surface area contributed by atoms with Crippen molar-refractivity contribution in [1.29, 1.82) is 0 Å². The van der Waals surface area contributed by atoms with Crippen LogP contribution in [0.5, 0.6) is 0 Å². The Kier molecular flexibility index (Phi) is 3.97. The van der Waals surface area contributed by atoms with E-state index < -0.39 is 0 Å². The van der Waals surface area contributed by atoms with E-state index >= 15 is 0 Å². The van der Waals surface area contributed by atoms with Crippen molar-refractivity contribution in [3.8, 4) is 0 Å². The molecule has 0 amide bonds. The van der Waals surface area contributed by atoms with Gasteiger partial charge >= 0.3 is 0 Å². The Morgan fingerprint density at radius 1 is 1.35 bits per heavy atom. The van der Waals surface area contributed by atoms with Crippen molar-refractivity contribution in [2.75, 3.05) is 11.9 Å². The van der Waals surface area contributed by atoms with E-state index in [0.29, 0.717) is 18.5 Å². The summed E-state index contributed by atoms with van der Waals surface area (Å²) in [6.45, 7) is 5.09. The number of nitrogens with two attached hydrogens (primary N) is 1. The van der Waals surface area contributed by atoms with Crippen LogP contribution >= 0.6 is 11.5 Å². The number of aromatic nitrogens is 1. The molecular formula is C13H19N3S. The van der Waals surface area contributed by atoms with Gasteiger partial charge in [0.2, 0.25) is 0 Å². The van der Waals surface area contributed by atoms with Crippen molar-refractivity contribution in [2.45, 2.75) is 26.3 Å². The fourth-order valence-electron chi connectivity index (χ4n) is 1.96. The molecule has 0 aliphatic heterocycles. The van der Waals surface area contributed by atoms with Gasteiger partial charge in [0, 0.05) is 18.0 Å². The summed E-state index contributed by atoms with van der Waals surface area (Å²) in [7, 11) is 0. The molecule has 92 valence electrons. The van der Waals surface area contributed by atoms with Crippen molar-refractivity contribution in [1.82, 2.24) is 4.37 Å². The highest BCUT2D eigenvalue weighted by atomic mass is 32.1. The molecule has 1 aromatic heterocycles. The second-order valence-corrected chi connectivity index (χ2v) is 5.51. The molecule has 0 aliphatic rings. The molecule has 1 atom stereocenters. The first-order valence-electron chi connectivity index (χ1n) is 6.01. The normalized spacial score (nSPS) is 13.2. The van der Waals surface area contributed by atoms with Crippen LogP contribution in [0.15, 0.2) is 24.3 Å². The highest BCUT2D eigenvalue weighted by Gasteiger charge is 2.12. The van der Waals surface area contributed by atoms with Gasteiger partial charge in [-0.3, -0.25) is 0 Å². The summed E-state index contributed by atoms with van der Waals surface area (Å²) >= 11 is 1.52. The van der Waals surface area contributed by atoms with E-state index in [1.165, 1.54) is 16.9 Å². The minimum Gasteiger partial charge on any atom is -0.371 e. The molecule has 1 unspecified atom stereocenters. The molecule has 0 radical (unpaired) electrons. The molecule has 17 heavy (non-hydrogen) atoms. The van der Waals surface area contributed by atoms with Crippen LogP contribution in [-0.2, 0) is 0 Å². The fourth-order valence-corrected chi connectivity index (χ4v) is 2.80. The third-order valence-electron chi connectivity index (χ3n) is 2.76. The predicted molar refractivity (Wildman–Crippen MR) is 75.5 cm³/mol. The number of anilines is 1. The highest BCUT2D eigenvalue weighted by molar-refractivity contribution is 7.11. The van der Waals surface area contributed by atoms with Gasteiger partial charge in [0.25, 0.3) is 0 Å². The van der Waals surface area contributed by atoms with Crippen LogP contribution < -0.4 is 11.1 Å². The third kappa shape index (κ3) is 2.96. The van der Waals surface area contributed by atoms with Gasteiger partial charge in [-0.1, -0.05) is 26.0 Å². The summed E-state index contributed by atoms with van der Waals surface area (Å²) in [5, 5.41) is 5.84. The molecule has 3 N–H and O–H groups in total. The summed E-state index contributed by atoms with van der Waals surface area (Å²) < 4.78 is 4.42. The third-order valence-corrected chi connectivity index (χ3v) is 3.57. The highest BCUT2D eigenvalue weighted by Crippen LogP contribution is 2.28. The van der Waals surface area contributed by atoms with Crippen LogP contribution in [0, 0.1) is 5.92 Å². The van der Waals surface area contributed by atoms with Crippen LogP contribution in [0.4, 0.5) is 5.00 Å². The number of nitrogens with zero attached hydrogens (tertiary/aromatic N) is 1. The summed E-state index contributed by atoms with van der Waals surface area (Å²) in [4.78, 5) is 0. The fraction of sp³-hybridized carbons (Fsp3) is 0.462. The molecular weight excluding hydrogens is 230 g/mol. The summed E-state index contributed by atoms with van der Waals surface area (Å²) in [5.41, 5.74) is 6.86. The summed E-state index contributed by atoms with van der Waals surface area (Å²) in [5.74, 6) is 0.648. The smallest absolute Gasteiger partial charge is 0.117 e. The Morgan fingerprint density at radius 3 is 2.82 bits per heavy atom.